The minimum absolute atomic E-state index is 0.0272. The van der Waals surface area contributed by atoms with Crippen molar-refractivity contribution in [3.8, 4) is 11.6 Å². The quantitative estimate of drug-likeness (QED) is 0.461. The molecule has 0 unspecified atom stereocenters. The predicted molar refractivity (Wildman–Crippen MR) is 112 cm³/mol. The highest BCUT2D eigenvalue weighted by Gasteiger charge is 2.17. The molecule has 0 saturated heterocycles. The van der Waals surface area contributed by atoms with Gasteiger partial charge in [0.15, 0.2) is 12.3 Å². The number of nitrogens with zero attached hydrogens (tertiary/aromatic N) is 3. The van der Waals surface area contributed by atoms with Crippen molar-refractivity contribution in [2.24, 2.45) is 10.2 Å². The van der Waals surface area contributed by atoms with E-state index in [1.54, 1.807) is 12.1 Å². The van der Waals surface area contributed by atoms with E-state index >= 15 is 0 Å². The number of hydrogen-bond acceptors (Lipinski definition) is 4. The zero-order valence-electron chi connectivity index (χ0n) is 15.9. The Morgan fingerprint density at radius 1 is 1.21 bits per heavy atom. The van der Waals surface area contributed by atoms with Crippen molar-refractivity contribution in [3.05, 3.63) is 52.5 Å². The Morgan fingerprint density at radius 2 is 1.96 bits per heavy atom. The average Bonchev–Trinajstić information content (AvgIpc) is 2.94. The van der Waals surface area contributed by atoms with Gasteiger partial charge in [-0.2, -0.15) is 0 Å². The Bertz CT molecular complexity index is 1010. The molecule has 3 aromatic rings. The maximum atomic E-state index is 12.1. The first kappa shape index (κ1) is 20.1. The number of benzene rings is 2. The van der Waals surface area contributed by atoms with Gasteiger partial charge in [-0.05, 0) is 49.7 Å². The molecule has 3 rings (SSSR count). The lowest BCUT2D eigenvalue weighted by Gasteiger charge is -2.05. The van der Waals surface area contributed by atoms with E-state index in [0.29, 0.717) is 18.0 Å². The number of aryl methyl sites for hydroxylation is 2. The van der Waals surface area contributed by atoms with Gasteiger partial charge < -0.3 is 14.4 Å². The van der Waals surface area contributed by atoms with E-state index in [9.17, 15) is 9.90 Å². The second kappa shape index (κ2) is 9.01. The maximum Gasteiger partial charge on any atom is 0.302 e. The van der Waals surface area contributed by atoms with Crippen molar-refractivity contribution in [3.63, 3.8) is 0 Å². The predicted octanol–water partition coefficient (Wildman–Crippen LogP) is 5.91. The van der Waals surface area contributed by atoms with Gasteiger partial charge in [0.1, 0.15) is 5.75 Å². The highest BCUT2D eigenvalue weighted by Crippen LogP contribution is 2.39. The largest absolute Gasteiger partial charge is 0.493 e. The van der Waals surface area contributed by atoms with E-state index in [1.165, 1.54) is 0 Å². The van der Waals surface area contributed by atoms with E-state index in [1.807, 2.05) is 41.8 Å². The molecular weight excluding hydrogens is 422 g/mol. The van der Waals surface area contributed by atoms with Gasteiger partial charge in [-0.1, -0.05) is 40.9 Å². The molecule has 0 aliphatic rings. The first-order chi connectivity index (χ1) is 13.5. The third kappa shape index (κ3) is 4.59. The molecule has 1 amide bonds. The third-order valence-corrected chi connectivity index (χ3v) is 4.87. The van der Waals surface area contributed by atoms with Crippen molar-refractivity contribution < 1.29 is 14.6 Å². The Kier molecular flexibility index (Phi) is 6.46. The normalized spacial score (nSPS) is 11.4. The van der Waals surface area contributed by atoms with E-state index in [2.05, 4.69) is 33.1 Å². The van der Waals surface area contributed by atoms with Crippen LogP contribution in [-0.4, -0.2) is 22.2 Å². The number of carbonyl (C=O) groups is 1. The van der Waals surface area contributed by atoms with Crippen LogP contribution >= 0.6 is 15.9 Å². The fraction of sp³-hybridized carbons (Fsp3) is 0.286. The number of rotatable bonds is 7. The van der Waals surface area contributed by atoms with Crippen LogP contribution in [0.3, 0.4) is 0 Å². The number of halogens is 1. The topological polar surface area (TPSA) is 76.2 Å². The van der Waals surface area contributed by atoms with Crippen molar-refractivity contribution >= 4 is 38.4 Å². The standard InChI is InChI=1S/C21H22BrN3O3/c1-3-4-11-25-18-10-5-14(2)12-17(18)20(21(25)27)24-23-19(26)13-28-16-8-6-15(22)7-9-16/h5-10,12,27H,3-4,11,13H2,1-2H3. The number of carbonyl (C=O) groups excluding carboxylic acids is 1. The number of aromatic hydroxyl groups is 1. The number of ether oxygens (including phenoxy) is 1. The Morgan fingerprint density at radius 3 is 2.68 bits per heavy atom. The molecule has 1 N–H and O–H groups in total. The summed E-state index contributed by atoms with van der Waals surface area (Å²) in [5.74, 6) is 0.0743. The van der Waals surface area contributed by atoms with Crippen molar-refractivity contribution in [1.29, 1.82) is 0 Å². The minimum Gasteiger partial charge on any atom is -0.493 e. The number of hydrogen-bond donors (Lipinski definition) is 1. The smallest absolute Gasteiger partial charge is 0.302 e. The summed E-state index contributed by atoms with van der Waals surface area (Å²) >= 11 is 3.34. The van der Waals surface area contributed by atoms with Gasteiger partial charge in [0.05, 0.1) is 5.52 Å². The van der Waals surface area contributed by atoms with E-state index in [0.717, 1.165) is 33.8 Å². The molecule has 7 heteroatoms. The molecule has 0 radical (unpaired) electrons. The molecule has 0 saturated carbocycles. The molecule has 0 fully saturated rings. The Labute approximate surface area is 172 Å². The SMILES string of the molecule is CCCCn1c(O)c(N=NC(=O)COc2ccc(Br)cc2)c2cc(C)ccc21. The number of fused-ring (bicyclic) bond motifs is 1. The zero-order chi connectivity index (χ0) is 20.1. The van der Waals surface area contributed by atoms with Crippen LogP contribution < -0.4 is 4.74 Å². The van der Waals surface area contributed by atoms with Gasteiger partial charge >= 0.3 is 5.91 Å². The second-order valence-corrected chi connectivity index (χ2v) is 7.45. The van der Waals surface area contributed by atoms with E-state index < -0.39 is 5.91 Å². The lowest BCUT2D eigenvalue weighted by Crippen LogP contribution is -2.07. The minimum atomic E-state index is -0.524. The molecule has 0 spiro atoms. The third-order valence-electron chi connectivity index (χ3n) is 4.34. The number of azo groups is 1. The summed E-state index contributed by atoms with van der Waals surface area (Å²) in [7, 11) is 0. The van der Waals surface area contributed by atoms with Crippen LogP contribution in [0.2, 0.25) is 0 Å². The number of unbranched alkanes of at least 4 members (excludes halogenated alkanes) is 1. The van der Waals surface area contributed by atoms with Gasteiger partial charge in [0.25, 0.3) is 0 Å². The van der Waals surface area contributed by atoms with Gasteiger partial charge in [0, 0.05) is 16.4 Å². The second-order valence-electron chi connectivity index (χ2n) is 6.53. The molecule has 0 aliphatic heterocycles. The summed E-state index contributed by atoms with van der Waals surface area (Å²) in [6.07, 6.45) is 1.94. The molecule has 0 aliphatic carbocycles. The monoisotopic (exact) mass is 443 g/mol. The summed E-state index contributed by atoms with van der Waals surface area (Å²) in [5.41, 5.74) is 2.23. The van der Waals surface area contributed by atoms with Gasteiger partial charge in [-0.3, -0.25) is 4.79 Å². The molecule has 6 nitrogen and oxygen atoms in total. The highest BCUT2D eigenvalue weighted by molar-refractivity contribution is 9.10. The average molecular weight is 444 g/mol. The Balaban J connectivity index is 1.80. The van der Waals surface area contributed by atoms with Crippen LogP contribution in [0, 0.1) is 6.92 Å². The first-order valence-corrected chi connectivity index (χ1v) is 9.93. The van der Waals surface area contributed by atoms with Crippen molar-refractivity contribution in [2.45, 2.75) is 33.2 Å². The van der Waals surface area contributed by atoms with Crippen LogP contribution in [0.25, 0.3) is 10.9 Å². The van der Waals surface area contributed by atoms with E-state index in [4.69, 9.17) is 4.74 Å². The highest BCUT2D eigenvalue weighted by atomic mass is 79.9. The first-order valence-electron chi connectivity index (χ1n) is 9.14. The molecule has 1 heterocycles. The van der Waals surface area contributed by atoms with Crippen LogP contribution in [-0.2, 0) is 11.3 Å². The van der Waals surface area contributed by atoms with Crippen molar-refractivity contribution in [2.75, 3.05) is 6.61 Å². The van der Waals surface area contributed by atoms with Crippen LogP contribution in [0.4, 0.5) is 5.69 Å². The lowest BCUT2D eigenvalue weighted by atomic mass is 10.1. The summed E-state index contributed by atoms with van der Waals surface area (Å²) < 4.78 is 8.16. The fourth-order valence-electron chi connectivity index (χ4n) is 2.89. The number of aromatic nitrogens is 1. The molecule has 146 valence electrons. The molecule has 28 heavy (non-hydrogen) atoms. The van der Waals surface area contributed by atoms with Crippen LogP contribution in [0.1, 0.15) is 25.3 Å². The summed E-state index contributed by atoms with van der Waals surface area (Å²) in [6, 6.07) is 13.0. The lowest BCUT2D eigenvalue weighted by molar-refractivity contribution is -0.120. The zero-order valence-corrected chi connectivity index (χ0v) is 17.4. The maximum absolute atomic E-state index is 12.1. The molecule has 1 aromatic heterocycles. The Hall–Kier alpha value is -2.67. The van der Waals surface area contributed by atoms with Crippen molar-refractivity contribution in [1.82, 2.24) is 4.57 Å². The van der Waals surface area contributed by atoms with Crippen LogP contribution in [0.5, 0.6) is 11.6 Å². The molecule has 2 aromatic carbocycles. The van der Waals surface area contributed by atoms with Gasteiger partial charge in [-0.15, -0.1) is 10.2 Å². The molecular formula is C21H22BrN3O3. The molecule has 0 atom stereocenters. The number of amides is 1. The fourth-order valence-corrected chi connectivity index (χ4v) is 3.15. The van der Waals surface area contributed by atoms with E-state index in [-0.39, 0.29) is 12.5 Å². The van der Waals surface area contributed by atoms with Crippen LogP contribution in [0.15, 0.2) is 57.2 Å². The molecule has 0 bridgehead atoms. The summed E-state index contributed by atoms with van der Waals surface area (Å²) in [6.45, 7) is 4.52. The van der Waals surface area contributed by atoms with Gasteiger partial charge in [-0.25, -0.2) is 0 Å². The van der Waals surface area contributed by atoms with Gasteiger partial charge in [0.2, 0.25) is 5.88 Å². The summed E-state index contributed by atoms with van der Waals surface area (Å²) in [4.78, 5) is 12.1. The summed E-state index contributed by atoms with van der Waals surface area (Å²) in [5, 5.41) is 19.2.